The fourth-order valence-electron chi connectivity index (χ4n) is 2.66. The number of amides is 1. The Hall–Kier alpha value is -3.02. The minimum absolute atomic E-state index is 0.0903. The highest BCUT2D eigenvalue weighted by Crippen LogP contribution is 2.14. The summed E-state index contributed by atoms with van der Waals surface area (Å²) in [5.41, 5.74) is 1.40. The summed E-state index contributed by atoms with van der Waals surface area (Å²) >= 11 is 0. The minimum Gasteiger partial charge on any atom is -0.352 e. The summed E-state index contributed by atoms with van der Waals surface area (Å²) < 4.78 is 27.1. The van der Waals surface area contributed by atoms with Crippen molar-refractivity contribution in [3.05, 3.63) is 81.1 Å². The number of carbonyl (C=O) groups excluding carboxylic acids is 1. The van der Waals surface area contributed by atoms with E-state index in [9.17, 15) is 18.4 Å². The van der Waals surface area contributed by atoms with E-state index in [0.717, 1.165) is 28.6 Å². The molecule has 1 amide bonds. The van der Waals surface area contributed by atoms with Gasteiger partial charge in [0.05, 0.1) is 0 Å². The first-order valence-corrected chi connectivity index (χ1v) is 7.80. The van der Waals surface area contributed by atoms with E-state index in [1.54, 1.807) is 6.07 Å². The number of rotatable bonds is 4. The van der Waals surface area contributed by atoms with E-state index < -0.39 is 23.1 Å². The molecule has 3 aromatic rings. The van der Waals surface area contributed by atoms with Gasteiger partial charge in [0, 0.05) is 17.6 Å². The Morgan fingerprint density at radius 1 is 1.12 bits per heavy atom. The molecule has 0 fully saturated rings. The Morgan fingerprint density at radius 3 is 2.56 bits per heavy atom. The van der Waals surface area contributed by atoms with Crippen molar-refractivity contribution in [2.24, 2.45) is 0 Å². The van der Waals surface area contributed by atoms with Crippen molar-refractivity contribution in [1.82, 2.24) is 10.3 Å². The lowest BCUT2D eigenvalue weighted by Crippen LogP contribution is -2.29. The van der Waals surface area contributed by atoms with Crippen molar-refractivity contribution in [3.8, 4) is 0 Å². The first kappa shape index (κ1) is 16.8. The normalized spacial score (nSPS) is 10.8. The van der Waals surface area contributed by atoms with Crippen LogP contribution < -0.4 is 10.9 Å². The van der Waals surface area contributed by atoms with Gasteiger partial charge in [-0.05, 0) is 48.6 Å². The molecule has 0 saturated heterocycles. The van der Waals surface area contributed by atoms with E-state index >= 15 is 0 Å². The van der Waals surface area contributed by atoms with Crippen LogP contribution in [0.5, 0.6) is 0 Å². The molecule has 1 heterocycles. The number of H-pyrrole nitrogens is 1. The average Bonchev–Trinajstić information content (AvgIpc) is 2.55. The van der Waals surface area contributed by atoms with Gasteiger partial charge in [0.1, 0.15) is 17.2 Å². The van der Waals surface area contributed by atoms with Gasteiger partial charge in [-0.1, -0.05) is 18.2 Å². The van der Waals surface area contributed by atoms with E-state index in [1.807, 2.05) is 25.1 Å². The van der Waals surface area contributed by atoms with Crippen LogP contribution in [-0.4, -0.2) is 17.4 Å². The number of fused-ring (bicyclic) bond motifs is 1. The van der Waals surface area contributed by atoms with Crippen LogP contribution >= 0.6 is 0 Å². The minimum atomic E-state index is -0.920. The van der Waals surface area contributed by atoms with Gasteiger partial charge in [-0.3, -0.25) is 9.59 Å². The molecule has 0 unspecified atom stereocenters. The zero-order chi connectivity index (χ0) is 18.0. The Kier molecular flexibility index (Phi) is 4.61. The lowest BCUT2D eigenvalue weighted by Gasteiger charge is -2.08. The molecule has 0 aliphatic rings. The molecule has 2 aromatic carbocycles. The first-order valence-electron chi connectivity index (χ1n) is 7.80. The van der Waals surface area contributed by atoms with Crippen molar-refractivity contribution in [1.29, 1.82) is 0 Å². The molecule has 0 saturated carbocycles. The maximum absolute atomic E-state index is 13.6. The highest BCUT2D eigenvalue weighted by atomic mass is 19.1. The molecule has 0 aliphatic carbocycles. The molecular formula is C19H16F2N2O2. The van der Waals surface area contributed by atoms with E-state index in [1.165, 1.54) is 6.07 Å². The Labute approximate surface area is 142 Å². The largest absolute Gasteiger partial charge is 0.352 e. The van der Waals surface area contributed by atoms with Gasteiger partial charge in [0.15, 0.2) is 0 Å². The second kappa shape index (κ2) is 6.84. The summed E-state index contributed by atoms with van der Waals surface area (Å²) in [6, 6.07) is 10.7. The second-order valence-electron chi connectivity index (χ2n) is 5.82. The van der Waals surface area contributed by atoms with Gasteiger partial charge in [-0.2, -0.15) is 0 Å². The molecule has 6 heteroatoms. The number of benzene rings is 2. The molecular weight excluding hydrogens is 326 g/mol. The molecule has 0 bridgehead atoms. The van der Waals surface area contributed by atoms with Crippen LogP contribution in [0, 0.1) is 18.6 Å². The topological polar surface area (TPSA) is 62.0 Å². The number of aromatic amines is 1. The molecule has 0 atom stereocenters. The number of aryl methyl sites for hydroxylation is 1. The SMILES string of the molecule is Cc1ccc2cc(CCNC(=O)c3c(F)cccc3F)c(=O)[nH]c2c1. The molecule has 128 valence electrons. The molecule has 0 radical (unpaired) electrons. The zero-order valence-electron chi connectivity index (χ0n) is 13.5. The Balaban J connectivity index is 1.73. The molecule has 2 N–H and O–H groups in total. The first-order chi connectivity index (χ1) is 12.0. The van der Waals surface area contributed by atoms with Crippen LogP contribution in [0.3, 0.4) is 0 Å². The third kappa shape index (κ3) is 3.57. The van der Waals surface area contributed by atoms with Crippen molar-refractivity contribution in [2.75, 3.05) is 6.54 Å². The second-order valence-corrected chi connectivity index (χ2v) is 5.82. The van der Waals surface area contributed by atoms with Crippen LogP contribution in [0.25, 0.3) is 10.9 Å². The van der Waals surface area contributed by atoms with Gasteiger partial charge < -0.3 is 10.3 Å². The van der Waals surface area contributed by atoms with E-state index in [0.29, 0.717) is 5.56 Å². The van der Waals surface area contributed by atoms with Crippen molar-refractivity contribution < 1.29 is 13.6 Å². The highest BCUT2D eigenvalue weighted by Gasteiger charge is 2.16. The summed E-state index contributed by atoms with van der Waals surface area (Å²) in [5.74, 6) is -2.68. The molecule has 4 nitrogen and oxygen atoms in total. The van der Waals surface area contributed by atoms with Crippen molar-refractivity contribution >= 4 is 16.8 Å². The molecule has 0 aliphatic heterocycles. The Bertz CT molecular complexity index is 992. The monoisotopic (exact) mass is 342 g/mol. The third-order valence-electron chi connectivity index (χ3n) is 3.95. The van der Waals surface area contributed by atoms with Crippen molar-refractivity contribution in [2.45, 2.75) is 13.3 Å². The number of nitrogens with one attached hydrogen (secondary N) is 2. The quantitative estimate of drug-likeness (QED) is 0.765. The van der Waals surface area contributed by atoms with Gasteiger partial charge in [-0.25, -0.2) is 8.78 Å². The van der Waals surface area contributed by atoms with Gasteiger partial charge in [0.2, 0.25) is 0 Å². The van der Waals surface area contributed by atoms with Crippen molar-refractivity contribution in [3.63, 3.8) is 0 Å². The lowest BCUT2D eigenvalue weighted by molar-refractivity contribution is 0.0945. The number of pyridine rings is 1. The summed E-state index contributed by atoms with van der Waals surface area (Å²) in [4.78, 5) is 26.8. The van der Waals surface area contributed by atoms with E-state index in [4.69, 9.17) is 0 Å². The van der Waals surface area contributed by atoms with E-state index in [-0.39, 0.29) is 18.5 Å². The lowest BCUT2D eigenvalue weighted by atomic mass is 10.1. The summed E-state index contributed by atoms with van der Waals surface area (Å²) in [7, 11) is 0. The predicted molar refractivity (Wildman–Crippen MR) is 91.7 cm³/mol. The smallest absolute Gasteiger partial charge is 0.257 e. The summed E-state index contributed by atoms with van der Waals surface area (Å²) in [5, 5.41) is 3.32. The number of carbonyl (C=O) groups is 1. The van der Waals surface area contributed by atoms with Crippen LogP contribution in [0.4, 0.5) is 8.78 Å². The average molecular weight is 342 g/mol. The van der Waals surface area contributed by atoms with Crippen LogP contribution in [0.15, 0.2) is 47.3 Å². The summed E-state index contributed by atoms with van der Waals surface area (Å²) in [6.07, 6.45) is 0.251. The molecule has 0 spiro atoms. The third-order valence-corrected chi connectivity index (χ3v) is 3.95. The van der Waals surface area contributed by atoms with Crippen LogP contribution in [-0.2, 0) is 6.42 Å². The molecule has 3 rings (SSSR count). The van der Waals surface area contributed by atoms with Crippen LogP contribution in [0.2, 0.25) is 0 Å². The van der Waals surface area contributed by atoms with Gasteiger partial charge in [-0.15, -0.1) is 0 Å². The molecule has 1 aromatic heterocycles. The highest BCUT2D eigenvalue weighted by molar-refractivity contribution is 5.94. The summed E-state index contributed by atoms with van der Waals surface area (Å²) in [6.45, 7) is 2.02. The molecule has 25 heavy (non-hydrogen) atoms. The predicted octanol–water partition coefficient (Wildman–Crippen LogP) is 3.09. The van der Waals surface area contributed by atoms with E-state index in [2.05, 4.69) is 10.3 Å². The Morgan fingerprint density at radius 2 is 1.84 bits per heavy atom. The number of hydrogen-bond donors (Lipinski definition) is 2. The number of hydrogen-bond acceptors (Lipinski definition) is 2. The fraction of sp³-hybridized carbons (Fsp3) is 0.158. The standard InChI is InChI=1S/C19H16F2N2O2/c1-11-5-6-12-10-13(18(24)23-16(12)9-11)7-8-22-19(25)17-14(20)3-2-4-15(17)21/h2-6,9-10H,7-8H2,1H3,(H,22,25)(H,23,24). The maximum Gasteiger partial charge on any atom is 0.257 e. The number of aromatic nitrogens is 1. The van der Waals surface area contributed by atoms with Gasteiger partial charge >= 0.3 is 0 Å². The zero-order valence-corrected chi connectivity index (χ0v) is 13.5. The van der Waals surface area contributed by atoms with Crippen LogP contribution in [0.1, 0.15) is 21.5 Å². The van der Waals surface area contributed by atoms with Gasteiger partial charge in [0.25, 0.3) is 11.5 Å². The fourth-order valence-corrected chi connectivity index (χ4v) is 2.66. The number of halogens is 2. The maximum atomic E-state index is 13.6.